The Bertz CT molecular complexity index is 963. The largest absolute Gasteiger partial charge is 0.497 e. The van der Waals surface area contributed by atoms with Crippen LogP contribution in [0.5, 0.6) is 5.75 Å². The zero-order chi connectivity index (χ0) is 25.6. The predicted molar refractivity (Wildman–Crippen MR) is 134 cm³/mol. The molecule has 0 saturated heterocycles. The molecule has 0 radical (unpaired) electrons. The van der Waals surface area contributed by atoms with Crippen molar-refractivity contribution in [2.75, 3.05) is 26.2 Å². The van der Waals surface area contributed by atoms with Crippen molar-refractivity contribution in [3.8, 4) is 5.75 Å². The summed E-state index contributed by atoms with van der Waals surface area (Å²) in [5, 5.41) is 0. The van der Waals surface area contributed by atoms with E-state index in [1.165, 1.54) is 17.9 Å². The van der Waals surface area contributed by atoms with Gasteiger partial charge in [0.15, 0.2) is 6.04 Å². The second-order valence-corrected chi connectivity index (χ2v) is 8.27. The number of ether oxygens (including phenoxy) is 3. The highest BCUT2D eigenvalue weighted by molar-refractivity contribution is 6.18. The number of halogens is 1. The third-order valence-corrected chi connectivity index (χ3v) is 5.58. The van der Waals surface area contributed by atoms with Crippen LogP contribution in [0.2, 0.25) is 0 Å². The van der Waals surface area contributed by atoms with E-state index in [0.29, 0.717) is 5.75 Å². The van der Waals surface area contributed by atoms with Gasteiger partial charge in [0.1, 0.15) is 18.1 Å². The number of Topliss-reactive ketones (excluding diaryl/α,β-unsaturated/α-hetero) is 1. The number of carbonyl (C=O) groups excluding carboxylic acids is 3. The van der Waals surface area contributed by atoms with Crippen molar-refractivity contribution in [1.82, 2.24) is 4.90 Å². The molecule has 0 fully saturated rings. The van der Waals surface area contributed by atoms with Crippen LogP contribution in [-0.2, 0) is 37.0 Å². The molecular formula is C27H32ClNO6. The van der Waals surface area contributed by atoms with E-state index in [2.05, 4.69) is 6.58 Å². The number of hydrogen-bond donors (Lipinski definition) is 0. The molecule has 7 nitrogen and oxygen atoms in total. The molecule has 2 rings (SSSR count). The van der Waals surface area contributed by atoms with Crippen LogP contribution in [0.15, 0.2) is 67.3 Å². The molecule has 1 unspecified atom stereocenters. The number of nitrogens with zero attached hydrogens (tertiary/aromatic N) is 1. The molecule has 0 heterocycles. The predicted octanol–water partition coefficient (Wildman–Crippen LogP) is 4.17. The summed E-state index contributed by atoms with van der Waals surface area (Å²) < 4.78 is 16.3. The minimum Gasteiger partial charge on any atom is -0.497 e. The van der Waals surface area contributed by atoms with Gasteiger partial charge in [0.25, 0.3) is 0 Å². The number of methoxy groups -OCH3 is 1. The second kappa shape index (κ2) is 15.0. The summed E-state index contributed by atoms with van der Waals surface area (Å²) in [4.78, 5) is 40.3. The van der Waals surface area contributed by atoms with Crippen molar-refractivity contribution in [2.45, 2.75) is 32.5 Å². The number of ketones is 1. The Morgan fingerprint density at radius 2 is 1.74 bits per heavy atom. The first-order chi connectivity index (χ1) is 16.9. The van der Waals surface area contributed by atoms with Crippen molar-refractivity contribution in [3.05, 3.63) is 78.4 Å². The van der Waals surface area contributed by atoms with Gasteiger partial charge in [-0.15, -0.1) is 11.6 Å². The van der Waals surface area contributed by atoms with Crippen LogP contribution in [0, 0.1) is 5.92 Å². The van der Waals surface area contributed by atoms with E-state index in [4.69, 9.17) is 25.8 Å². The molecule has 0 aliphatic carbocycles. The van der Waals surface area contributed by atoms with Gasteiger partial charge in [-0.2, -0.15) is 0 Å². The lowest BCUT2D eigenvalue weighted by Gasteiger charge is -2.32. The van der Waals surface area contributed by atoms with Gasteiger partial charge in [-0.25, -0.2) is 4.79 Å². The quantitative estimate of drug-likeness (QED) is 0.158. The summed E-state index contributed by atoms with van der Waals surface area (Å²) >= 11 is 5.88. The molecule has 0 saturated carbocycles. The number of rotatable bonds is 15. The Labute approximate surface area is 211 Å². The number of esters is 1. The monoisotopic (exact) mass is 501 g/mol. The van der Waals surface area contributed by atoms with E-state index in [-0.39, 0.29) is 44.4 Å². The maximum atomic E-state index is 13.6. The smallest absolute Gasteiger partial charge is 0.331 e. The highest BCUT2D eigenvalue weighted by Gasteiger charge is 2.36. The average molecular weight is 502 g/mol. The topological polar surface area (TPSA) is 82.1 Å². The molecule has 0 aliphatic rings. The van der Waals surface area contributed by atoms with Gasteiger partial charge >= 0.3 is 5.97 Å². The van der Waals surface area contributed by atoms with Crippen LogP contribution in [0.25, 0.3) is 0 Å². The molecule has 188 valence electrons. The maximum Gasteiger partial charge on any atom is 0.331 e. The van der Waals surface area contributed by atoms with Crippen LogP contribution in [-0.4, -0.2) is 54.8 Å². The van der Waals surface area contributed by atoms with Crippen LogP contribution >= 0.6 is 11.6 Å². The fourth-order valence-corrected chi connectivity index (χ4v) is 3.68. The van der Waals surface area contributed by atoms with E-state index in [1.807, 2.05) is 30.3 Å². The summed E-state index contributed by atoms with van der Waals surface area (Å²) in [5.41, 5.74) is 1.67. The third kappa shape index (κ3) is 8.85. The lowest BCUT2D eigenvalue weighted by Crippen LogP contribution is -2.51. The number of alkyl halides is 1. The molecule has 0 aliphatic heterocycles. The van der Waals surface area contributed by atoms with Crippen LogP contribution in [0.3, 0.4) is 0 Å². The van der Waals surface area contributed by atoms with Gasteiger partial charge in [0.05, 0.1) is 26.2 Å². The highest BCUT2D eigenvalue weighted by Crippen LogP contribution is 2.20. The minimum absolute atomic E-state index is 0.0175. The summed E-state index contributed by atoms with van der Waals surface area (Å²) in [6.45, 7) is 5.10. The van der Waals surface area contributed by atoms with Gasteiger partial charge in [-0.1, -0.05) is 55.1 Å². The Kier molecular flexibility index (Phi) is 12.0. The molecule has 0 spiro atoms. The van der Waals surface area contributed by atoms with Crippen molar-refractivity contribution in [3.63, 3.8) is 0 Å². The van der Waals surface area contributed by atoms with Gasteiger partial charge in [0.2, 0.25) is 5.91 Å². The number of hydrogen-bond acceptors (Lipinski definition) is 6. The van der Waals surface area contributed by atoms with E-state index in [9.17, 15) is 14.4 Å². The first-order valence-corrected chi connectivity index (χ1v) is 11.8. The van der Waals surface area contributed by atoms with Gasteiger partial charge < -0.3 is 19.1 Å². The van der Waals surface area contributed by atoms with Crippen molar-refractivity contribution in [2.24, 2.45) is 5.92 Å². The second-order valence-electron chi connectivity index (χ2n) is 7.89. The van der Waals surface area contributed by atoms with Crippen LogP contribution in [0.1, 0.15) is 24.5 Å². The average Bonchev–Trinajstić information content (AvgIpc) is 2.87. The van der Waals surface area contributed by atoms with Crippen LogP contribution < -0.4 is 4.74 Å². The summed E-state index contributed by atoms with van der Waals surface area (Å²) in [7, 11) is 1.56. The molecule has 1 amide bonds. The van der Waals surface area contributed by atoms with E-state index < -0.39 is 23.8 Å². The molecule has 0 N–H and O–H groups in total. The van der Waals surface area contributed by atoms with Crippen molar-refractivity contribution < 1.29 is 28.6 Å². The van der Waals surface area contributed by atoms with E-state index >= 15 is 0 Å². The van der Waals surface area contributed by atoms with E-state index in [0.717, 1.165) is 11.1 Å². The maximum absolute atomic E-state index is 13.6. The zero-order valence-corrected chi connectivity index (χ0v) is 20.9. The Morgan fingerprint density at radius 1 is 1.06 bits per heavy atom. The molecule has 0 aromatic heterocycles. The Balaban J connectivity index is 2.37. The van der Waals surface area contributed by atoms with Gasteiger partial charge in [-0.3, -0.25) is 9.59 Å². The highest BCUT2D eigenvalue weighted by atomic mass is 35.5. The standard InChI is InChI=1S/C27H32ClNO6/c1-4-16-35-27(32)25(19-34-18-22-8-6-5-7-9-22)29(26(31)24(14-15-28)20(2)30)17-21-10-12-23(33-3)13-11-21/h4-13,24-25H,1,14-19H2,2-3H3/t24?,25-/m0/s1. The zero-order valence-electron chi connectivity index (χ0n) is 20.2. The number of amides is 1. The normalized spacial score (nSPS) is 12.3. The molecule has 2 aromatic carbocycles. The molecule has 0 bridgehead atoms. The number of carbonyl (C=O) groups is 3. The summed E-state index contributed by atoms with van der Waals surface area (Å²) in [5.74, 6) is -1.66. The fourth-order valence-electron chi connectivity index (χ4n) is 3.46. The molecule has 2 aromatic rings. The first kappa shape index (κ1) is 28.1. The Hall–Kier alpha value is -3.16. The summed E-state index contributed by atoms with van der Waals surface area (Å²) in [6, 6.07) is 15.5. The van der Waals surface area contributed by atoms with E-state index in [1.54, 1.807) is 31.4 Å². The lowest BCUT2D eigenvalue weighted by molar-refractivity contribution is -0.160. The molecule has 35 heavy (non-hydrogen) atoms. The lowest BCUT2D eigenvalue weighted by atomic mass is 9.98. The first-order valence-electron chi connectivity index (χ1n) is 11.3. The van der Waals surface area contributed by atoms with Gasteiger partial charge in [-0.05, 0) is 36.6 Å². The SMILES string of the molecule is C=CCOC(=O)[C@H](COCc1ccccc1)N(Cc1ccc(OC)cc1)C(=O)C(CCCl)C(C)=O. The van der Waals surface area contributed by atoms with Crippen LogP contribution in [0.4, 0.5) is 0 Å². The number of benzene rings is 2. The van der Waals surface area contributed by atoms with Crippen molar-refractivity contribution >= 4 is 29.3 Å². The molecule has 2 atom stereocenters. The summed E-state index contributed by atoms with van der Waals surface area (Å²) in [6.07, 6.45) is 1.61. The molecule has 8 heteroatoms. The fraction of sp³-hybridized carbons (Fsp3) is 0.370. The van der Waals surface area contributed by atoms with Gasteiger partial charge in [0, 0.05) is 12.4 Å². The Morgan fingerprint density at radius 3 is 2.31 bits per heavy atom. The van der Waals surface area contributed by atoms with Crippen molar-refractivity contribution in [1.29, 1.82) is 0 Å². The third-order valence-electron chi connectivity index (χ3n) is 5.36. The molecular weight excluding hydrogens is 470 g/mol. The minimum atomic E-state index is -1.08.